The van der Waals surface area contributed by atoms with Crippen LogP contribution in [0.5, 0.6) is 0 Å². The minimum absolute atomic E-state index is 0.255. The Morgan fingerprint density at radius 2 is 1.75 bits per heavy atom. The summed E-state index contributed by atoms with van der Waals surface area (Å²) in [6.07, 6.45) is 4.06. The Morgan fingerprint density at radius 3 is 2.41 bits per heavy atom. The zero-order chi connectivity index (χ0) is 23.7. The van der Waals surface area contributed by atoms with Crippen molar-refractivity contribution in [3.8, 4) is 0 Å². The number of nitrogens with zero attached hydrogens (tertiary/aromatic N) is 4. The normalized spacial score (nSPS) is 11.8. The number of nitrogens with one attached hydrogen (secondary N) is 2. The molecule has 2 amide bonds. The standard InChI is InChI=1S/C21H26N6O5/c1-20(2,3)32-19(30)23-14-8-10-27(25-14)21(4,5)18(29)24-16-12-22-15-11-13(17(28)31-6)7-9-26(15)16/h7-12H,1-6H3,(H,24,29)(H,23,25,30). The van der Waals surface area contributed by atoms with Gasteiger partial charge in [0, 0.05) is 18.5 Å². The minimum Gasteiger partial charge on any atom is -0.465 e. The summed E-state index contributed by atoms with van der Waals surface area (Å²) in [5.74, 6) is -0.154. The Labute approximate surface area is 184 Å². The van der Waals surface area contributed by atoms with E-state index in [1.54, 1.807) is 69.6 Å². The van der Waals surface area contributed by atoms with Gasteiger partial charge in [0.05, 0.1) is 18.9 Å². The maximum absolute atomic E-state index is 13.0. The first kappa shape index (κ1) is 22.8. The minimum atomic E-state index is -1.09. The summed E-state index contributed by atoms with van der Waals surface area (Å²) >= 11 is 0. The molecule has 2 N–H and O–H groups in total. The van der Waals surface area contributed by atoms with Crippen LogP contribution in [0.2, 0.25) is 0 Å². The van der Waals surface area contributed by atoms with Gasteiger partial charge in [-0.15, -0.1) is 0 Å². The van der Waals surface area contributed by atoms with Crippen molar-refractivity contribution in [2.45, 2.75) is 45.8 Å². The van der Waals surface area contributed by atoms with E-state index in [0.29, 0.717) is 17.0 Å². The van der Waals surface area contributed by atoms with Gasteiger partial charge < -0.3 is 14.8 Å². The van der Waals surface area contributed by atoms with Gasteiger partial charge in [-0.2, -0.15) is 5.10 Å². The van der Waals surface area contributed by atoms with E-state index >= 15 is 0 Å². The molecule has 0 aliphatic rings. The number of esters is 1. The number of carbonyl (C=O) groups is 3. The number of carbonyl (C=O) groups excluding carboxylic acids is 3. The first-order valence-electron chi connectivity index (χ1n) is 9.84. The summed E-state index contributed by atoms with van der Waals surface area (Å²) in [4.78, 5) is 40.9. The van der Waals surface area contributed by atoms with E-state index in [-0.39, 0.29) is 11.7 Å². The molecule has 0 aliphatic carbocycles. The summed E-state index contributed by atoms with van der Waals surface area (Å²) in [5, 5.41) is 9.64. The highest BCUT2D eigenvalue weighted by Crippen LogP contribution is 2.21. The molecular weight excluding hydrogens is 416 g/mol. The van der Waals surface area contributed by atoms with Gasteiger partial charge >= 0.3 is 12.1 Å². The van der Waals surface area contributed by atoms with Crippen molar-refractivity contribution in [3.63, 3.8) is 0 Å². The third kappa shape index (κ3) is 4.88. The van der Waals surface area contributed by atoms with Crippen LogP contribution in [0.4, 0.5) is 16.4 Å². The van der Waals surface area contributed by atoms with Gasteiger partial charge in [0.25, 0.3) is 5.91 Å². The molecule has 0 saturated heterocycles. The molecule has 11 heteroatoms. The number of imidazole rings is 1. The number of hydrogen-bond donors (Lipinski definition) is 2. The van der Waals surface area contributed by atoms with Gasteiger partial charge in [0.1, 0.15) is 22.6 Å². The van der Waals surface area contributed by atoms with Gasteiger partial charge in [0.15, 0.2) is 5.82 Å². The summed E-state index contributed by atoms with van der Waals surface area (Å²) in [5.41, 5.74) is -0.907. The van der Waals surface area contributed by atoms with Gasteiger partial charge in [-0.05, 0) is 46.8 Å². The molecule has 3 heterocycles. The predicted octanol–water partition coefficient (Wildman–Crippen LogP) is 3.04. The number of anilines is 2. The zero-order valence-corrected chi connectivity index (χ0v) is 18.8. The molecule has 170 valence electrons. The lowest BCUT2D eigenvalue weighted by Gasteiger charge is -2.24. The summed E-state index contributed by atoms with van der Waals surface area (Å²) in [6, 6.07) is 4.71. The first-order valence-corrected chi connectivity index (χ1v) is 9.84. The predicted molar refractivity (Wildman–Crippen MR) is 117 cm³/mol. The lowest BCUT2D eigenvalue weighted by Crippen LogP contribution is -2.41. The van der Waals surface area contributed by atoms with E-state index in [0.717, 1.165) is 0 Å². The maximum Gasteiger partial charge on any atom is 0.413 e. The largest absolute Gasteiger partial charge is 0.465 e. The van der Waals surface area contributed by atoms with Gasteiger partial charge in [-0.25, -0.2) is 14.6 Å². The average molecular weight is 442 g/mol. The van der Waals surface area contributed by atoms with E-state index in [2.05, 4.69) is 20.7 Å². The topological polar surface area (TPSA) is 129 Å². The Balaban J connectivity index is 1.74. The van der Waals surface area contributed by atoms with Crippen LogP contribution in [0.15, 0.2) is 36.8 Å². The number of pyridine rings is 1. The molecule has 0 spiro atoms. The van der Waals surface area contributed by atoms with Crippen LogP contribution in [0.1, 0.15) is 45.0 Å². The molecule has 0 aromatic carbocycles. The number of methoxy groups -OCH3 is 1. The smallest absolute Gasteiger partial charge is 0.413 e. The molecule has 0 atom stereocenters. The molecule has 0 radical (unpaired) electrons. The number of ether oxygens (including phenoxy) is 2. The molecular formula is C21H26N6O5. The average Bonchev–Trinajstić information content (AvgIpc) is 3.33. The number of rotatable bonds is 5. The molecule has 0 aliphatic heterocycles. The summed E-state index contributed by atoms with van der Waals surface area (Å²) in [6.45, 7) is 8.65. The van der Waals surface area contributed by atoms with Crippen LogP contribution < -0.4 is 10.6 Å². The van der Waals surface area contributed by atoms with E-state index in [9.17, 15) is 14.4 Å². The van der Waals surface area contributed by atoms with Gasteiger partial charge in [-0.3, -0.25) is 19.2 Å². The Kier molecular flexibility index (Phi) is 5.93. The van der Waals surface area contributed by atoms with Crippen molar-refractivity contribution < 1.29 is 23.9 Å². The fourth-order valence-electron chi connectivity index (χ4n) is 2.80. The molecule has 0 unspecified atom stereocenters. The second-order valence-electron chi connectivity index (χ2n) is 8.56. The van der Waals surface area contributed by atoms with Crippen LogP contribution in [0.3, 0.4) is 0 Å². The number of fused-ring (bicyclic) bond motifs is 1. The highest BCUT2D eigenvalue weighted by molar-refractivity contribution is 5.96. The number of hydrogen-bond acceptors (Lipinski definition) is 7. The maximum atomic E-state index is 13.0. The van der Waals surface area contributed by atoms with E-state index in [1.807, 2.05) is 0 Å². The van der Waals surface area contributed by atoms with Gasteiger partial charge in [-0.1, -0.05) is 0 Å². The monoisotopic (exact) mass is 442 g/mol. The van der Waals surface area contributed by atoms with Crippen molar-refractivity contribution in [2.75, 3.05) is 17.7 Å². The van der Waals surface area contributed by atoms with E-state index in [4.69, 9.17) is 9.47 Å². The second kappa shape index (κ2) is 8.33. The lowest BCUT2D eigenvalue weighted by molar-refractivity contribution is -0.123. The van der Waals surface area contributed by atoms with Crippen LogP contribution in [-0.4, -0.2) is 49.8 Å². The van der Waals surface area contributed by atoms with E-state index in [1.165, 1.54) is 18.0 Å². The Hall–Kier alpha value is -3.89. The fraction of sp³-hybridized carbons (Fsp3) is 0.381. The zero-order valence-electron chi connectivity index (χ0n) is 18.8. The van der Waals surface area contributed by atoms with Crippen LogP contribution in [0, 0.1) is 0 Å². The molecule has 32 heavy (non-hydrogen) atoms. The van der Waals surface area contributed by atoms with Crippen molar-refractivity contribution in [2.24, 2.45) is 0 Å². The lowest BCUT2D eigenvalue weighted by atomic mass is 10.1. The Morgan fingerprint density at radius 1 is 1.03 bits per heavy atom. The van der Waals surface area contributed by atoms with Crippen molar-refractivity contribution >= 4 is 35.3 Å². The quantitative estimate of drug-likeness (QED) is 0.581. The second-order valence-corrected chi connectivity index (χ2v) is 8.56. The number of amides is 2. The summed E-state index contributed by atoms with van der Waals surface area (Å²) in [7, 11) is 1.30. The van der Waals surface area contributed by atoms with Crippen molar-refractivity contribution in [3.05, 3.63) is 42.4 Å². The van der Waals surface area contributed by atoms with E-state index < -0.39 is 23.2 Å². The molecule has 3 rings (SSSR count). The molecule has 0 saturated carbocycles. The third-order valence-electron chi connectivity index (χ3n) is 4.52. The number of aromatic nitrogens is 4. The first-order chi connectivity index (χ1) is 14.9. The SMILES string of the molecule is COC(=O)c1ccn2c(NC(=O)C(C)(C)n3ccc(NC(=O)OC(C)(C)C)n3)cnc2c1. The Bertz CT molecular complexity index is 1170. The highest BCUT2D eigenvalue weighted by Gasteiger charge is 2.32. The molecule has 0 fully saturated rings. The van der Waals surface area contributed by atoms with Crippen LogP contribution in [-0.2, 0) is 19.8 Å². The van der Waals surface area contributed by atoms with Crippen molar-refractivity contribution in [1.29, 1.82) is 0 Å². The van der Waals surface area contributed by atoms with Crippen LogP contribution >= 0.6 is 0 Å². The third-order valence-corrected chi connectivity index (χ3v) is 4.52. The molecule has 3 aromatic heterocycles. The molecule has 3 aromatic rings. The fourth-order valence-corrected chi connectivity index (χ4v) is 2.80. The molecule has 0 bridgehead atoms. The van der Waals surface area contributed by atoms with Crippen molar-refractivity contribution in [1.82, 2.24) is 19.2 Å². The molecule has 11 nitrogen and oxygen atoms in total. The highest BCUT2D eigenvalue weighted by atomic mass is 16.6. The summed E-state index contributed by atoms with van der Waals surface area (Å²) < 4.78 is 13.0. The van der Waals surface area contributed by atoms with Gasteiger partial charge in [0.2, 0.25) is 0 Å². The van der Waals surface area contributed by atoms with Crippen LogP contribution in [0.25, 0.3) is 5.65 Å².